The van der Waals surface area contributed by atoms with E-state index in [9.17, 15) is 13.2 Å². The van der Waals surface area contributed by atoms with Gasteiger partial charge in [0.15, 0.2) is 0 Å². The third kappa shape index (κ3) is 5.38. The lowest BCUT2D eigenvalue weighted by Gasteiger charge is -2.03. The van der Waals surface area contributed by atoms with Crippen molar-refractivity contribution in [2.24, 2.45) is 7.05 Å². The van der Waals surface area contributed by atoms with Crippen molar-refractivity contribution in [3.05, 3.63) is 18.2 Å². The standard InChI is InChI=1S/C7H12N2.C2HF3O2/c1-3-4-7-8-5-6-9(7)2;3-2(4,5)1(6)7/h5-6H,3-4H2,1-2H3;(H,6,7). The van der Waals surface area contributed by atoms with Gasteiger partial charge in [-0.2, -0.15) is 13.2 Å². The van der Waals surface area contributed by atoms with Crippen molar-refractivity contribution >= 4 is 5.97 Å². The molecule has 1 rings (SSSR count). The number of carbonyl (C=O) groups excluding carboxylic acids is 1. The van der Waals surface area contributed by atoms with Gasteiger partial charge in [-0.3, -0.25) is 0 Å². The van der Waals surface area contributed by atoms with Crippen molar-refractivity contribution in [3.8, 4) is 0 Å². The number of nitrogens with one attached hydrogen (secondary N) is 1. The number of carboxylic acids is 1. The summed E-state index contributed by atoms with van der Waals surface area (Å²) in [4.78, 5) is 12.0. The topological polar surface area (TPSA) is 59.8 Å². The quantitative estimate of drug-likeness (QED) is 0.742. The normalized spacial score (nSPS) is 10.6. The van der Waals surface area contributed by atoms with Crippen LogP contribution in [-0.4, -0.2) is 17.1 Å². The predicted octanol–water partition coefficient (Wildman–Crippen LogP) is 0.0903. The Balaban J connectivity index is 0.000000293. The Morgan fingerprint density at radius 2 is 2.06 bits per heavy atom. The molecule has 0 radical (unpaired) electrons. The van der Waals surface area contributed by atoms with E-state index in [0.29, 0.717) is 0 Å². The molecule has 0 aliphatic heterocycles. The summed E-state index contributed by atoms with van der Waals surface area (Å²) in [6, 6.07) is 0. The largest absolute Gasteiger partial charge is 0.542 e. The molecular formula is C9H13F3N2O2. The predicted molar refractivity (Wildman–Crippen MR) is 47.0 cm³/mol. The Morgan fingerprint density at radius 1 is 1.56 bits per heavy atom. The van der Waals surface area contributed by atoms with Crippen molar-refractivity contribution in [2.75, 3.05) is 0 Å². The zero-order valence-corrected chi connectivity index (χ0v) is 8.97. The molecule has 1 aromatic heterocycles. The summed E-state index contributed by atoms with van der Waals surface area (Å²) >= 11 is 0. The number of hydrogen-bond donors (Lipinski definition) is 1. The number of rotatable bonds is 2. The molecule has 0 saturated carbocycles. The zero-order chi connectivity index (χ0) is 12.8. The maximum Gasteiger partial charge on any atom is 0.430 e. The Labute approximate surface area is 90.7 Å². The van der Waals surface area contributed by atoms with E-state index >= 15 is 0 Å². The number of aryl methyl sites for hydroxylation is 2. The maximum atomic E-state index is 10.5. The number of carboxylic acid groups (broad SMARTS) is 1. The van der Waals surface area contributed by atoms with Gasteiger partial charge in [-0.25, -0.2) is 9.55 Å². The highest BCUT2D eigenvalue weighted by Crippen LogP contribution is 2.11. The molecule has 0 amide bonds. The summed E-state index contributed by atoms with van der Waals surface area (Å²) in [5, 5.41) is 8.78. The molecule has 0 unspecified atom stereocenters. The smallest absolute Gasteiger partial charge is 0.430 e. The first-order valence-corrected chi connectivity index (χ1v) is 4.59. The molecule has 0 saturated heterocycles. The number of aromatic amines is 1. The maximum absolute atomic E-state index is 10.5. The number of halogens is 3. The fourth-order valence-electron chi connectivity index (χ4n) is 0.922. The minimum atomic E-state index is -5.19. The van der Waals surface area contributed by atoms with Gasteiger partial charge in [0.25, 0.3) is 5.82 Å². The monoisotopic (exact) mass is 238 g/mol. The fraction of sp³-hybridized carbons (Fsp3) is 0.556. The molecule has 1 heterocycles. The highest BCUT2D eigenvalue weighted by atomic mass is 19.4. The van der Waals surface area contributed by atoms with Gasteiger partial charge in [-0.1, -0.05) is 6.92 Å². The van der Waals surface area contributed by atoms with Crippen molar-refractivity contribution in [1.82, 2.24) is 4.98 Å². The number of carbonyl (C=O) groups is 1. The van der Waals surface area contributed by atoms with Gasteiger partial charge in [0.05, 0.1) is 7.05 Å². The SMILES string of the molecule is CCCc1[nH]cc[n+]1C.O=C([O-])C(F)(F)F. The summed E-state index contributed by atoms with van der Waals surface area (Å²) in [6.07, 6.45) is 1.15. The van der Waals surface area contributed by atoms with Gasteiger partial charge in [0, 0.05) is 6.42 Å². The van der Waals surface area contributed by atoms with Crippen LogP contribution in [-0.2, 0) is 18.3 Å². The number of imidazole rings is 1. The number of aliphatic carboxylic acids is 1. The first kappa shape index (κ1) is 14.5. The lowest BCUT2D eigenvalue weighted by molar-refractivity contribution is -0.677. The van der Waals surface area contributed by atoms with E-state index in [1.54, 1.807) is 0 Å². The van der Waals surface area contributed by atoms with Crippen LogP contribution in [0.4, 0.5) is 13.2 Å². The van der Waals surface area contributed by atoms with E-state index in [1.165, 1.54) is 12.2 Å². The molecule has 7 heteroatoms. The summed E-state index contributed by atoms with van der Waals surface area (Å²) in [7, 11) is 2.06. The van der Waals surface area contributed by atoms with Crippen LogP contribution in [0.2, 0.25) is 0 Å². The van der Waals surface area contributed by atoms with Gasteiger partial charge >= 0.3 is 6.18 Å². The van der Waals surface area contributed by atoms with Crippen LogP contribution in [0, 0.1) is 0 Å². The average molecular weight is 238 g/mol. The van der Waals surface area contributed by atoms with Crippen LogP contribution in [0.25, 0.3) is 0 Å². The second kappa shape index (κ2) is 6.14. The van der Waals surface area contributed by atoms with Crippen LogP contribution in [0.3, 0.4) is 0 Å². The molecule has 0 fully saturated rings. The molecular weight excluding hydrogens is 225 g/mol. The fourth-order valence-corrected chi connectivity index (χ4v) is 0.922. The average Bonchev–Trinajstić information content (AvgIpc) is 2.52. The van der Waals surface area contributed by atoms with Crippen molar-refractivity contribution in [3.63, 3.8) is 0 Å². The second-order valence-corrected chi connectivity index (χ2v) is 3.05. The van der Waals surface area contributed by atoms with E-state index in [1.807, 2.05) is 12.4 Å². The Morgan fingerprint density at radius 3 is 2.31 bits per heavy atom. The van der Waals surface area contributed by atoms with E-state index in [0.717, 1.165) is 6.42 Å². The molecule has 0 aliphatic carbocycles. The van der Waals surface area contributed by atoms with Gasteiger partial charge in [0.2, 0.25) is 0 Å². The van der Waals surface area contributed by atoms with E-state index < -0.39 is 12.1 Å². The van der Waals surface area contributed by atoms with Crippen molar-refractivity contribution in [2.45, 2.75) is 25.9 Å². The molecule has 0 atom stereocenters. The summed E-state index contributed by atoms with van der Waals surface area (Å²) in [5.74, 6) is -1.70. The molecule has 4 nitrogen and oxygen atoms in total. The van der Waals surface area contributed by atoms with Crippen molar-refractivity contribution in [1.29, 1.82) is 0 Å². The lowest BCUT2D eigenvalue weighted by Crippen LogP contribution is -2.37. The Bertz CT molecular complexity index is 334. The summed E-state index contributed by atoms with van der Waals surface area (Å²) in [6.45, 7) is 2.18. The Hall–Kier alpha value is -1.53. The molecule has 0 aromatic carbocycles. The molecule has 1 aromatic rings. The molecule has 0 aliphatic rings. The Kier molecular flexibility index (Phi) is 5.55. The van der Waals surface area contributed by atoms with E-state index in [2.05, 4.69) is 23.5 Å². The second-order valence-electron chi connectivity index (χ2n) is 3.05. The summed E-state index contributed by atoms with van der Waals surface area (Å²) < 4.78 is 33.7. The molecule has 92 valence electrons. The zero-order valence-electron chi connectivity index (χ0n) is 8.97. The molecule has 16 heavy (non-hydrogen) atoms. The van der Waals surface area contributed by atoms with Crippen LogP contribution < -0.4 is 9.67 Å². The minimum absolute atomic E-state index is 1.14. The summed E-state index contributed by atoms with van der Waals surface area (Å²) in [5.41, 5.74) is 0. The van der Waals surface area contributed by atoms with Gasteiger partial charge in [-0.15, -0.1) is 0 Å². The highest BCUT2D eigenvalue weighted by Gasteiger charge is 2.28. The first-order chi connectivity index (χ1) is 7.29. The number of alkyl halides is 3. The molecule has 0 spiro atoms. The third-order valence-electron chi connectivity index (χ3n) is 1.69. The van der Waals surface area contributed by atoms with Crippen LogP contribution in [0.5, 0.6) is 0 Å². The van der Waals surface area contributed by atoms with Gasteiger partial charge in [0.1, 0.15) is 18.4 Å². The number of aromatic nitrogens is 2. The van der Waals surface area contributed by atoms with E-state index in [-0.39, 0.29) is 0 Å². The number of hydrogen-bond acceptors (Lipinski definition) is 2. The van der Waals surface area contributed by atoms with Crippen LogP contribution in [0.1, 0.15) is 19.2 Å². The number of nitrogens with zero attached hydrogens (tertiary/aromatic N) is 1. The molecule has 0 bridgehead atoms. The lowest BCUT2D eigenvalue weighted by atomic mass is 10.3. The molecule has 1 N–H and O–H groups in total. The van der Waals surface area contributed by atoms with Gasteiger partial charge in [-0.05, 0) is 6.42 Å². The number of H-pyrrole nitrogens is 1. The highest BCUT2D eigenvalue weighted by molar-refractivity contribution is 5.70. The third-order valence-corrected chi connectivity index (χ3v) is 1.69. The van der Waals surface area contributed by atoms with E-state index in [4.69, 9.17) is 9.90 Å². The minimum Gasteiger partial charge on any atom is -0.542 e. The first-order valence-electron chi connectivity index (χ1n) is 4.59. The van der Waals surface area contributed by atoms with Crippen molar-refractivity contribution < 1.29 is 27.6 Å². The van der Waals surface area contributed by atoms with Crippen LogP contribution >= 0.6 is 0 Å². The van der Waals surface area contributed by atoms with Crippen LogP contribution in [0.15, 0.2) is 12.4 Å². The van der Waals surface area contributed by atoms with Gasteiger partial charge < -0.3 is 9.90 Å².